The molecule has 96 valence electrons. The first-order valence-electron chi connectivity index (χ1n) is 5.55. The molecule has 0 saturated carbocycles. The summed E-state index contributed by atoms with van der Waals surface area (Å²) in [6, 6.07) is 11.1. The number of para-hydroxylation sites is 1. The Morgan fingerprint density at radius 1 is 1.28 bits per heavy atom. The lowest BCUT2D eigenvalue weighted by atomic mass is 10.2. The fraction of sp³-hybridized carbons (Fsp3) is 0.231. The highest BCUT2D eigenvalue weighted by Gasteiger charge is 2.15. The number of aliphatic hydroxyl groups excluding tert-OH is 1. The molecule has 2 aromatic rings. The number of halogens is 1. The van der Waals surface area contributed by atoms with E-state index in [1.54, 1.807) is 0 Å². The number of hydrogen-bond donors (Lipinski definition) is 2. The van der Waals surface area contributed by atoms with E-state index in [4.69, 9.17) is 22.1 Å². The predicted molar refractivity (Wildman–Crippen MR) is 74.1 cm³/mol. The molecule has 0 aliphatic heterocycles. The minimum absolute atomic E-state index is 0.0569. The third-order valence-corrected chi connectivity index (χ3v) is 3.86. The minimum atomic E-state index is -0.241. The molecule has 0 aliphatic rings. The number of hydrogen-bond acceptors (Lipinski definition) is 4. The van der Waals surface area contributed by atoms with Crippen LogP contribution in [0.25, 0.3) is 0 Å². The topological polar surface area (TPSA) is 55.5 Å². The van der Waals surface area contributed by atoms with Crippen LogP contribution in [0.5, 0.6) is 5.75 Å². The van der Waals surface area contributed by atoms with Gasteiger partial charge in [-0.15, -0.1) is 11.3 Å². The molecule has 0 saturated heterocycles. The van der Waals surface area contributed by atoms with Crippen molar-refractivity contribution in [3.8, 4) is 5.75 Å². The Balaban J connectivity index is 2.20. The number of thiophene rings is 1. The molecule has 1 aromatic carbocycles. The molecule has 1 heterocycles. The summed E-state index contributed by atoms with van der Waals surface area (Å²) in [5.41, 5.74) is 6.48. The van der Waals surface area contributed by atoms with Gasteiger partial charge in [0.15, 0.2) is 0 Å². The molecular weight excluding hydrogens is 270 g/mol. The summed E-state index contributed by atoms with van der Waals surface area (Å²) in [4.78, 5) is 0.982. The summed E-state index contributed by atoms with van der Waals surface area (Å²) < 4.78 is 6.56. The first-order valence-corrected chi connectivity index (χ1v) is 6.74. The molecule has 3 N–H and O–H groups in total. The third-order valence-electron chi connectivity index (χ3n) is 2.54. The van der Waals surface area contributed by atoms with E-state index in [-0.39, 0.29) is 12.7 Å². The predicted octanol–water partition coefficient (Wildman–Crippen LogP) is 2.97. The van der Waals surface area contributed by atoms with Crippen LogP contribution in [0, 0.1) is 0 Å². The van der Waals surface area contributed by atoms with Gasteiger partial charge in [-0.2, -0.15) is 0 Å². The van der Waals surface area contributed by atoms with Crippen LogP contribution in [-0.2, 0) is 6.61 Å². The molecule has 0 bridgehead atoms. The first-order chi connectivity index (χ1) is 8.74. The summed E-state index contributed by atoms with van der Waals surface area (Å²) in [7, 11) is 0. The lowest BCUT2D eigenvalue weighted by molar-refractivity contribution is 0.206. The maximum Gasteiger partial charge on any atom is 0.145 e. The lowest BCUT2D eigenvalue weighted by Crippen LogP contribution is -2.18. The maximum absolute atomic E-state index is 9.25. The van der Waals surface area contributed by atoms with Crippen molar-refractivity contribution in [3.63, 3.8) is 0 Å². The SMILES string of the molecule is NCC(Oc1ccccc1CO)c1ccc(Cl)s1. The Kier molecular flexibility index (Phi) is 4.60. The largest absolute Gasteiger partial charge is 0.483 e. The Morgan fingerprint density at radius 2 is 2.06 bits per heavy atom. The van der Waals surface area contributed by atoms with E-state index in [1.807, 2.05) is 36.4 Å². The van der Waals surface area contributed by atoms with Crippen molar-refractivity contribution in [2.75, 3.05) is 6.54 Å². The summed E-state index contributed by atoms with van der Waals surface area (Å²) >= 11 is 7.36. The molecule has 0 fully saturated rings. The molecule has 0 amide bonds. The standard InChI is InChI=1S/C13H14ClNO2S/c14-13-6-5-12(18-13)11(7-15)17-10-4-2-1-3-9(10)8-16/h1-6,11,16H,7-8,15H2. The molecule has 1 aromatic heterocycles. The minimum Gasteiger partial charge on any atom is -0.483 e. The Labute approximate surface area is 115 Å². The molecule has 0 aliphatic carbocycles. The van der Waals surface area contributed by atoms with Crippen molar-refractivity contribution in [3.05, 3.63) is 51.2 Å². The number of benzene rings is 1. The molecule has 0 spiro atoms. The van der Waals surface area contributed by atoms with E-state index in [1.165, 1.54) is 11.3 Å². The number of aliphatic hydroxyl groups is 1. The van der Waals surface area contributed by atoms with E-state index in [9.17, 15) is 5.11 Å². The highest BCUT2D eigenvalue weighted by atomic mass is 35.5. The van der Waals surface area contributed by atoms with Crippen LogP contribution in [0.3, 0.4) is 0 Å². The summed E-state index contributed by atoms with van der Waals surface area (Å²) in [5.74, 6) is 0.653. The van der Waals surface area contributed by atoms with Gasteiger partial charge < -0.3 is 15.6 Å². The van der Waals surface area contributed by atoms with Crippen LogP contribution in [-0.4, -0.2) is 11.7 Å². The van der Waals surface area contributed by atoms with E-state index in [0.717, 1.165) is 10.4 Å². The second-order valence-corrected chi connectivity index (χ2v) is 5.50. The average molecular weight is 284 g/mol. The van der Waals surface area contributed by atoms with Gasteiger partial charge in [0, 0.05) is 17.0 Å². The van der Waals surface area contributed by atoms with Crippen LogP contribution in [0.15, 0.2) is 36.4 Å². The van der Waals surface area contributed by atoms with Crippen molar-refractivity contribution in [1.29, 1.82) is 0 Å². The molecule has 3 nitrogen and oxygen atoms in total. The molecule has 18 heavy (non-hydrogen) atoms. The van der Waals surface area contributed by atoms with Crippen molar-refractivity contribution in [2.24, 2.45) is 5.73 Å². The van der Waals surface area contributed by atoms with E-state index in [2.05, 4.69) is 0 Å². The normalized spacial score (nSPS) is 12.4. The van der Waals surface area contributed by atoms with Gasteiger partial charge in [0.2, 0.25) is 0 Å². The highest BCUT2D eigenvalue weighted by Crippen LogP contribution is 2.31. The molecule has 2 rings (SSSR count). The molecule has 5 heteroatoms. The number of nitrogens with two attached hydrogens (primary N) is 1. The molecule has 1 unspecified atom stereocenters. The Bertz CT molecular complexity index is 515. The average Bonchev–Trinajstić information content (AvgIpc) is 2.83. The summed E-state index contributed by atoms with van der Waals surface area (Å²) in [5, 5.41) is 9.25. The zero-order chi connectivity index (χ0) is 13.0. The summed E-state index contributed by atoms with van der Waals surface area (Å²) in [6.45, 7) is 0.301. The zero-order valence-electron chi connectivity index (χ0n) is 9.67. The smallest absolute Gasteiger partial charge is 0.145 e. The first kappa shape index (κ1) is 13.4. The van der Waals surface area contributed by atoms with E-state index >= 15 is 0 Å². The lowest BCUT2D eigenvalue weighted by Gasteiger charge is -2.18. The maximum atomic E-state index is 9.25. The quantitative estimate of drug-likeness (QED) is 0.887. The third kappa shape index (κ3) is 3.03. The number of rotatable bonds is 5. The van der Waals surface area contributed by atoms with Crippen LogP contribution in [0.2, 0.25) is 4.34 Å². The van der Waals surface area contributed by atoms with Crippen LogP contribution in [0.4, 0.5) is 0 Å². The Morgan fingerprint density at radius 3 is 2.67 bits per heavy atom. The van der Waals surface area contributed by atoms with Gasteiger partial charge in [0.25, 0.3) is 0 Å². The molecule has 1 atom stereocenters. The molecular formula is C13H14ClNO2S. The van der Waals surface area contributed by atoms with Crippen molar-refractivity contribution in [2.45, 2.75) is 12.7 Å². The molecule has 0 radical (unpaired) electrons. The monoisotopic (exact) mass is 283 g/mol. The highest BCUT2D eigenvalue weighted by molar-refractivity contribution is 7.16. The van der Waals surface area contributed by atoms with E-state index in [0.29, 0.717) is 16.6 Å². The number of ether oxygens (including phenoxy) is 1. The summed E-state index contributed by atoms with van der Waals surface area (Å²) in [6.07, 6.45) is -0.241. The van der Waals surface area contributed by atoms with Crippen molar-refractivity contribution in [1.82, 2.24) is 0 Å². The van der Waals surface area contributed by atoms with Gasteiger partial charge >= 0.3 is 0 Å². The van der Waals surface area contributed by atoms with Gasteiger partial charge in [-0.05, 0) is 18.2 Å². The van der Waals surface area contributed by atoms with Crippen LogP contribution < -0.4 is 10.5 Å². The van der Waals surface area contributed by atoms with Gasteiger partial charge in [-0.1, -0.05) is 29.8 Å². The van der Waals surface area contributed by atoms with Crippen molar-refractivity contribution >= 4 is 22.9 Å². The fourth-order valence-corrected chi connectivity index (χ4v) is 2.73. The van der Waals surface area contributed by atoms with Gasteiger partial charge in [0.1, 0.15) is 11.9 Å². The van der Waals surface area contributed by atoms with Crippen molar-refractivity contribution < 1.29 is 9.84 Å². The Hall–Kier alpha value is -1.07. The van der Waals surface area contributed by atoms with E-state index < -0.39 is 0 Å². The van der Waals surface area contributed by atoms with Gasteiger partial charge in [0.05, 0.1) is 10.9 Å². The zero-order valence-corrected chi connectivity index (χ0v) is 11.2. The van der Waals surface area contributed by atoms with Gasteiger partial charge in [-0.3, -0.25) is 0 Å². The van der Waals surface area contributed by atoms with Crippen LogP contribution >= 0.6 is 22.9 Å². The van der Waals surface area contributed by atoms with Gasteiger partial charge in [-0.25, -0.2) is 0 Å². The fourth-order valence-electron chi connectivity index (χ4n) is 1.63. The van der Waals surface area contributed by atoms with Crippen LogP contribution in [0.1, 0.15) is 16.5 Å². The second-order valence-electron chi connectivity index (χ2n) is 3.75. The second kappa shape index (κ2) is 6.20.